The lowest BCUT2D eigenvalue weighted by molar-refractivity contribution is 0.0224. The fourth-order valence-electron chi connectivity index (χ4n) is 3.76. The molecule has 0 saturated carbocycles. The van der Waals surface area contributed by atoms with Crippen LogP contribution in [0.4, 0.5) is 10.6 Å². The highest BCUT2D eigenvalue weighted by Gasteiger charge is 2.26. The smallest absolute Gasteiger partial charge is 0.410 e. The highest BCUT2D eigenvalue weighted by Crippen LogP contribution is 2.27. The van der Waals surface area contributed by atoms with Gasteiger partial charge in [-0.3, -0.25) is 4.72 Å². The van der Waals surface area contributed by atoms with Crippen molar-refractivity contribution in [2.24, 2.45) is 0 Å². The number of ether oxygens (including phenoxy) is 2. The Hall–Kier alpha value is -3.18. The lowest BCUT2D eigenvalue weighted by Gasteiger charge is -2.31. The van der Waals surface area contributed by atoms with E-state index >= 15 is 0 Å². The van der Waals surface area contributed by atoms with E-state index < -0.39 is 15.6 Å². The number of anilines is 1. The first kappa shape index (κ1) is 26.9. The van der Waals surface area contributed by atoms with Crippen LogP contribution in [0.15, 0.2) is 58.2 Å². The number of amides is 1. The molecule has 1 aliphatic heterocycles. The molecular weight excluding hydrogens is 560 g/mol. The van der Waals surface area contributed by atoms with Crippen molar-refractivity contribution in [3.05, 3.63) is 75.5 Å². The molecule has 0 bridgehead atoms. The molecule has 0 saturated heterocycles. The Morgan fingerprint density at radius 3 is 2.57 bits per heavy atom. The van der Waals surface area contributed by atoms with Crippen LogP contribution in [0.1, 0.15) is 43.0 Å². The number of fused-ring (bicyclic) bond motifs is 1. The highest BCUT2D eigenvalue weighted by atomic mass is 79.9. The lowest BCUT2D eigenvalue weighted by Crippen LogP contribution is -2.39. The number of benzene rings is 2. The molecule has 1 amide bonds. The number of rotatable bonds is 6. The fraction of sp³-hybridized carbons (Fsp3) is 0.346. The number of hydrogen-bond donors (Lipinski definition) is 1. The van der Waals surface area contributed by atoms with Gasteiger partial charge in [0.05, 0.1) is 11.1 Å². The van der Waals surface area contributed by atoms with E-state index in [1.165, 1.54) is 18.3 Å². The third-order valence-corrected chi connectivity index (χ3v) is 7.32. The van der Waals surface area contributed by atoms with E-state index in [9.17, 15) is 13.2 Å². The molecule has 0 radical (unpaired) electrons. The van der Waals surface area contributed by atoms with Crippen molar-refractivity contribution < 1.29 is 22.7 Å². The minimum absolute atomic E-state index is 0.0159. The predicted octanol–water partition coefficient (Wildman–Crippen LogP) is 5.22. The van der Waals surface area contributed by atoms with Gasteiger partial charge in [-0.1, -0.05) is 35.9 Å². The number of carbonyl (C=O) groups is 1. The van der Waals surface area contributed by atoms with Gasteiger partial charge < -0.3 is 14.4 Å². The second kappa shape index (κ2) is 10.7. The summed E-state index contributed by atoms with van der Waals surface area (Å²) in [5.41, 5.74) is 3.41. The van der Waals surface area contributed by atoms with Gasteiger partial charge in [0.1, 0.15) is 16.8 Å². The average Bonchev–Trinajstić information content (AvgIpc) is 2.82. The molecule has 1 N–H and O–H groups in total. The molecule has 4 rings (SSSR count). The van der Waals surface area contributed by atoms with Crippen LogP contribution >= 0.6 is 15.9 Å². The van der Waals surface area contributed by atoms with E-state index in [-0.39, 0.29) is 29.3 Å². The standard InChI is InChI=1S/C26H29BrN4O5S/c1-17-5-9-21(10-6-17)37(33,34)30-23-24(29-22(27)14-28-23)35-16-18-7-8-19-11-12-31(15-20(19)13-18)25(32)36-26(2,3)4/h5-10,13-14H,11-12,15-16H2,1-4H3,(H,28,30). The molecule has 0 unspecified atom stereocenters. The molecular formula is C26H29BrN4O5S. The number of sulfonamides is 1. The molecule has 1 aliphatic rings. The zero-order chi connectivity index (χ0) is 26.8. The van der Waals surface area contributed by atoms with Crippen LogP contribution in [0.3, 0.4) is 0 Å². The Morgan fingerprint density at radius 2 is 1.86 bits per heavy atom. The first-order valence-electron chi connectivity index (χ1n) is 11.7. The summed E-state index contributed by atoms with van der Waals surface area (Å²) in [7, 11) is -3.89. The monoisotopic (exact) mass is 588 g/mol. The fourth-order valence-corrected chi connectivity index (χ4v) is 5.03. The van der Waals surface area contributed by atoms with Gasteiger partial charge >= 0.3 is 6.09 Å². The van der Waals surface area contributed by atoms with Gasteiger partial charge in [-0.05, 0) is 78.9 Å². The van der Waals surface area contributed by atoms with Crippen LogP contribution in [-0.2, 0) is 34.3 Å². The summed E-state index contributed by atoms with van der Waals surface area (Å²) in [6.07, 6.45) is 1.79. The van der Waals surface area contributed by atoms with Crippen LogP contribution in [0.25, 0.3) is 0 Å². The van der Waals surface area contributed by atoms with Crippen LogP contribution in [0.5, 0.6) is 5.88 Å². The van der Waals surface area contributed by atoms with Crippen LogP contribution in [0.2, 0.25) is 0 Å². The number of carbonyl (C=O) groups excluding carboxylic acids is 1. The Bertz CT molecular complexity index is 1410. The summed E-state index contributed by atoms with van der Waals surface area (Å²) >= 11 is 3.26. The number of hydrogen-bond acceptors (Lipinski definition) is 7. The van der Waals surface area contributed by atoms with Gasteiger partial charge in [0, 0.05) is 13.1 Å². The van der Waals surface area contributed by atoms with Gasteiger partial charge in [-0.15, -0.1) is 0 Å². The van der Waals surface area contributed by atoms with E-state index in [0.717, 1.165) is 28.7 Å². The maximum absolute atomic E-state index is 12.9. The summed E-state index contributed by atoms with van der Waals surface area (Å²) in [6.45, 7) is 8.58. The van der Waals surface area contributed by atoms with E-state index in [0.29, 0.717) is 17.7 Å². The SMILES string of the molecule is Cc1ccc(S(=O)(=O)Nc2ncc(Br)nc2OCc2ccc3c(c2)CN(C(=O)OC(C)(C)C)CC3)cc1. The second-order valence-electron chi connectivity index (χ2n) is 9.81. The van der Waals surface area contributed by atoms with Crippen molar-refractivity contribution in [1.29, 1.82) is 0 Å². The maximum Gasteiger partial charge on any atom is 0.410 e. The summed E-state index contributed by atoms with van der Waals surface area (Å²) < 4.78 is 40.0. The molecule has 1 aromatic heterocycles. The van der Waals surface area contributed by atoms with Crippen molar-refractivity contribution in [1.82, 2.24) is 14.9 Å². The zero-order valence-corrected chi connectivity index (χ0v) is 23.5. The van der Waals surface area contributed by atoms with Gasteiger partial charge in [-0.25, -0.2) is 23.2 Å². The Kier molecular flexibility index (Phi) is 7.75. The number of halogens is 1. The maximum atomic E-state index is 12.9. The lowest BCUT2D eigenvalue weighted by atomic mass is 9.98. The molecule has 11 heteroatoms. The molecule has 0 fully saturated rings. The van der Waals surface area contributed by atoms with Crippen molar-refractivity contribution in [2.75, 3.05) is 11.3 Å². The van der Waals surface area contributed by atoms with Crippen LogP contribution in [-0.4, -0.2) is 41.5 Å². The Balaban J connectivity index is 1.48. The normalized spacial score (nSPS) is 13.6. The number of aryl methyl sites for hydroxylation is 1. The van der Waals surface area contributed by atoms with E-state index in [1.54, 1.807) is 17.0 Å². The Labute approximate surface area is 225 Å². The molecule has 3 aromatic rings. The first-order valence-corrected chi connectivity index (χ1v) is 14.0. The summed E-state index contributed by atoms with van der Waals surface area (Å²) in [5, 5.41) is 0. The minimum atomic E-state index is -3.89. The molecule has 2 heterocycles. The van der Waals surface area contributed by atoms with E-state index in [1.807, 2.05) is 45.9 Å². The molecule has 9 nitrogen and oxygen atoms in total. The number of nitrogens with one attached hydrogen (secondary N) is 1. The molecule has 37 heavy (non-hydrogen) atoms. The van der Waals surface area contributed by atoms with Gasteiger partial charge in [-0.2, -0.15) is 0 Å². The van der Waals surface area contributed by atoms with Crippen molar-refractivity contribution >= 4 is 37.9 Å². The third-order valence-electron chi connectivity index (χ3n) is 5.58. The largest absolute Gasteiger partial charge is 0.470 e. The zero-order valence-electron chi connectivity index (χ0n) is 21.1. The van der Waals surface area contributed by atoms with Crippen molar-refractivity contribution in [3.63, 3.8) is 0 Å². The highest BCUT2D eigenvalue weighted by molar-refractivity contribution is 9.10. The summed E-state index contributed by atoms with van der Waals surface area (Å²) in [5.74, 6) is 0.0241. The predicted molar refractivity (Wildman–Crippen MR) is 143 cm³/mol. The topological polar surface area (TPSA) is 111 Å². The molecule has 0 aliphatic carbocycles. The average molecular weight is 590 g/mol. The Morgan fingerprint density at radius 1 is 1.14 bits per heavy atom. The van der Waals surface area contributed by atoms with Gasteiger partial charge in [0.2, 0.25) is 5.82 Å². The molecule has 2 aromatic carbocycles. The quantitative estimate of drug-likeness (QED) is 0.420. The molecule has 196 valence electrons. The van der Waals surface area contributed by atoms with E-state index in [4.69, 9.17) is 9.47 Å². The minimum Gasteiger partial charge on any atom is -0.470 e. The van der Waals surface area contributed by atoms with Gasteiger partial charge in [0.25, 0.3) is 15.9 Å². The van der Waals surface area contributed by atoms with Crippen LogP contribution < -0.4 is 9.46 Å². The molecule has 0 atom stereocenters. The molecule has 0 spiro atoms. The third kappa shape index (κ3) is 6.98. The number of nitrogens with zero attached hydrogens (tertiary/aromatic N) is 3. The van der Waals surface area contributed by atoms with Crippen molar-refractivity contribution in [2.45, 2.75) is 57.8 Å². The van der Waals surface area contributed by atoms with Crippen molar-refractivity contribution in [3.8, 4) is 5.88 Å². The first-order chi connectivity index (χ1) is 17.4. The summed E-state index contributed by atoms with van der Waals surface area (Å²) in [4.78, 5) is 22.8. The number of aromatic nitrogens is 2. The summed E-state index contributed by atoms with van der Waals surface area (Å²) in [6, 6.07) is 12.4. The van der Waals surface area contributed by atoms with Crippen LogP contribution in [0, 0.1) is 6.92 Å². The van der Waals surface area contributed by atoms with Gasteiger partial charge in [0.15, 0.2) is 0 Å². The van der Waals surface area contributed by atoms with E-state index in [2.05, 4.69) is 30.6 Å². The second-order valence-corrected chi connectivity index (χ2v) is 12.3.